The number of nitrogens with zero attached hydrogens (tertiary/aromatic N) is 3. The highest BCUT2D eigenvalue weighted by Crippen LogP contribution is 2.26. The third kappa shape index (κ3) is 3.99. The molecule has 4 rings (SSSR count). The van der Waals surface area contributed by atoms with Crippen molar-refractivity contribution >= 4 is 33.4 Å². The molecule has 0 radical (unpaired) electrons. The summed E-state index contributed by atoms with van der Waals surface area (Å²) in [6.07, 6.45) is 2.08. The molecule has 0 saturated carbocycles. The van der Waals surface area contributed by atoms with Crippen molar-refractivity contribution in [1.29, 1.82) is 0 Å². The van der Waals surface area contributed by atoms with Gasteiger partial charge in [-0.25, -0.2) is 9.97 Å². The summed E-state index contributed by atoms with van der Waals surface area (Å²) in [4.78, 5) is 34.1. The van der Waals surface area contributed by atoms with Crippen molar-refractivity contribution in [2.45, 2.75) is 32.9 Å². The number of aryl methyl sites for hydroxylation is 1. The van der Waals surface area contributed by atoms with Gasteiger partial charge in [-0.1, -0.05) is 0 Å². The molecule has 1 aromatic carbocycles. The van der Waals surface area contributed by atoms with E-state index in [-0.39, 0.29) is 30.2 Å². The molecule has 9 heteroatoms. The van der Waals surface area contributed by atoms with Crippen molar-refractivity contribution in [3.05, 3.63) is 41.1 Å². The van der Waals surface area contributed by atoms with E-state index < -0.39 is 0 Å². The maximum Gasteiger partial charge on any atom is 0.275 e. The fraction of sp³-hybridized carbons (Fsp3) is 0.368. The average molecular weight is 400 g/mol. The van der Waals surface area contributed by atoms with Crippen LogP contribution in [0.3, 0.4) is 0 Å². The molecule has 2 aromatic heterocycles. The molecule has 8 nitrogen and oxygen atoms in total. The zero-order valence-electron chi connectivity index (χ0n) is 15.6. The summed E-state index contributed by atoms with van der Waals surface area (Å²) in [5.74, 6) is 0.700. The second kappa shape index (κ2) is 7.59. The fourth-order valence-electron chi connectivity index (χ4n) is 3.24. The Hall–Kier alpha value is -2.94. The minimum atomic E-state index is -0.206. The molecule has 1 fully saturated rings. The van der Waals surface area contributed by atoms with E-state index in [0.717, 1.165) is 21.6 Å². The SMILES string of the molecule is CC(=O)NC1CCN(C(=O)c2coc(COc3ccc4sc(C)nc4c3)n2)C1. The molecule has 1 aliphatic heterocycles. The average Bonchev–Trinajstić information content (AvgIpc) is 3.37. The molecule has 0 bridgehead atoms. The van der Waals surface area contributed by atoms with Crippen LogP contribution >= 0.6 is 11.3 Å². The Labute approximate surface area is 165 Å². The minimum absolute atomic E-state index is 0.0135. The van der Waals surface area contributed by atoms with Gasteiger partial charge in [-0.15, -0.1) is 11.3 Å². The van der Waals surface area contributed by atoms with E-state index in [9.17, 15) is 9.59 Å². The molecule has 0 spiro atoms. The highest BCUT2D eigenvalue weighted by atomic mass is 32.1. The predicted molar refractivity (Wildman–Crippen MR) is 103 cm³/mol. The first-order chi connectivity index (χ1) is 13.5. The summed E-state index contributed by atoms with van der Waals surface area (Å²) < 4.78 is 12.2. The molecule has 3 heterocycles. The summed E-state index contributed by atoms with van der Waals surface area (Å²) in [7, 11) is 0. The van der Waals surface area contributed by atoms with Gasteiger partial charge in [0, 0.05) is 32.1 Å². The van der Waals surface area contributed by atoms with E-state index in [1.54, 1.807) is 16.2 Å². The lowest BCUT2D eigenvalue weighted by Crippen LogP contribution is -2.37. The van der Waals surface area contributed by atoms with Crippen LogP contribution in [-0.4, -0.2) is 45.8 Å². The standard InChI is InChI=1S/C19H20N4O4S/c1-11(24)20-13-5-6-23(8-13)19(25)16-9-27-18(22-16)10-26-14-3-4-17-15(7-14)21-12(2)28-17/h3-4,7,9,13H,5-6,8,10H2,1-2H3,(H,20,24). The molecule has 3 aromatic rings. The van der Waals surface area contributed by atoms with E-state index in [0.29, 0.717) is 24.7 Å². The number of likely N-dealkylation sites (tertiary alicyclic amines) is 1. The number of fused-ring (bicyclic) bond motifs is 1. The first-order valence-electron chi connectivity index (χ1n) is 8.99. The smallest absolute Gasteiger partial charge is 0.275 e. The Balaban J connectivity index is 1.36. The van der Waals surface area contributed by atoms with Gasteiger partial charge in [0.25, 0.3) is 5.91 Å². The quantitative estimate of drug-likeness (QED) is 0.707. The van der Waals surface area contributed by atoms with Crippen molar-refractivity contribution in [2.24, 2.45) is 0 Å². The van der Waals surface area contributed by atoms with Crippen LogP contribution in [0.25, 0.3) is 10.2 Å². The van der Waals surface area contributed by atoms with E-state index in [1.165, 1.54) is 13.2 Å². The third-order valence-corrected chi connectivity index (χ3v) is 5.43. The highest BCUT2D eigenvalue weighted by Gasteiger charge is 2.29. The Morgan fingerprint density at radius 2 is 2.25 bits per heavy atom. The zero-order valence-corrected chi connectivity index (χ0v) is 16.4. The van der Waals surface area contributed by atoms with Crippen molar-refractivity contribution < 1.29 is 18.7 Å². The summed E-state index contributed by atoms with van der Waals surface area (Å²) in [5, 5.41) is 3.84. The van der Waals surface area contributed by atoms with Gasteiger partial charge in [-0.2, -0.15) is 0 Å². The van der Waals surface area contributed by atoms with E-state index in [4.69, 9.17) is 9.15 Å². The normalized spacial score (nSPS) is 16.5. The second-order valence-electron chi connectivity index (χ2n) is 6.71. The summed E-state index contributed by atoms with van der Waals surface area (Å²) in [6.45, 7) is 4.62. The molecular formula is C19H20N4O4S. The Morgan fingerprint density at radius 3 is 3.07 bits per heavy atom. The number of hydrogen-bond acceptors (Lipinski definition) is 7. The molecule has 1 N–H and O–H groups in total. The van der Waals surface area contributed by atoms with E-state index in [2.05, 4.69) is 15.3 Å². The van der Waals surface area contributed by atoms with Crippen molar-refractivity contribution in [2.75, 3.05) is 13.1 Å². The number of hydrogen-bond donors (Lipinski definition) is 1. The molecular weight excluding hydrogens is 380 g/mol. The van der Waals surface area contributed by atoms with Gasteiger partial charge in [-0.3, -0.25) is 9.59 Å². The fourth-order valence-corrected chi connectivity index (χ4v) is 4.05. The van der Waals surface area contributed by atoms with Gasteiger partial charge in [0.15, 0.2) is 12.3 Å². The van der Waals surface area contributed by atoms with Gasteiger partial charge in [0.05, 0.1) is 15.2 Å². The highest BCUT2D eigenvalue weighted by molar-refractivity contribution is 7.18. The van der Waals surface area contributed by atoms with Crippen LogP contribution in [0.5, 0.6) is 5.75 Å². The zero-order chi connectivity index (χ0) is 19.7. The molecule has 1 unspecified atom stereocenters. The molecule has 1 atom stereocenters. The number of aromatic nitrogens is 2. The maximum atomic E-state index is 12.6. The van der Waals surface area contributed by atoms with Crippen LogP contribution in [0, 0.1) is 6.92 Å². The van der Waals surface area contributed by atoms with Crippen LogP contribution in [0.1, 0.15) is 34.7 Å². The second-order valence-corrected chi connectivity index (χ2v) is 7.95. The lowest BCUT2D eigenvalue weighted by Gasteiger charge is -2.15. The van der Waals surface area contributed by atoms with Crippen molar-refractivity contribution in [1.82, 2.24) is 20.2 Å². The number of rotatable bonds is 5. The Morgan fingerprint density at radius 1 is 1.39 bits per heavy atom. The molecule has 2 amide bonds. The van der Waals surface area contributed by atoms with E-state index in [1.807, 2.05) is 25.1 Å². The molecule has 28 heavy (non-hydrogen) atoms. The number of benzene rings is 1. The number of amides is 2. The predicted octanol–water partition coefficient (Wildman–Crippen LogP) is 2.52. The first-order valence-corrected chi connectivity index (χ1v) is 9.80. The van der Waals surface area contributed by atoms with Crippen LogP contribution in [0.2, 0.25) is 0 Å². The molecule has 0 aliphatic carbocycles. The first kappa shape index (κ1) is 18.4. The largest absolute Gasteiger partial charge is 0.484 e. The topological polar surface area (TPSA) is 97.6 Å². The number of thiazole rings is 1. The van der Waals surface area contributed by atoms with Gasteiger partial charge in [0.1, 0.15) is 12.0 Å². The van der Waals surface area contributed by atoms with E-state index >= 15 is 0 Å². The number of nitrogens with one attached hydrogen (secondary N) is 1. The van der Waals surface area contributed by atoms with Crippen LogP contribution in [0.15, 0.2) is 28.9 Å². The number of carbonyl (C=O) groups excluding carboxylic acids is 2. The van der Waals surface area contributed by atoms with Crippen molar-refractivity contribution in [3.63, 3.8) is 0 Å². The Kier molecular flexibility index (Phi) is 4.99. The summed E-state index contributed by atoms with van der Waals surface area (Å²) in [5.41, 5.74) is 1.14. The lowest BCUT2D eigenvalue weighted by molar-refractivity contribution is -0.119. The summed E-state index contributed by atoms with van der Waals surface area (Å²) in [6, 6.07) is 5.71. The number of ether oxygens (including phenoxy) is 1. The third-order valence-electron chi connectivity index (χ3n) is 4.48. The maximum absolute atomic E-state index is 12.6. The molecule has 1 saturated heterocycles. The number of carbonyl (C=O) groups is 2. The van der Waals surface area contributed by atoms with Crippen LogP contribution in [-0.2, 0) is 11.4 Å². The summed E-state index contributed by atoms with van der Waals surface area (Å²) >= 11 is 1.63. The van der Waals surface area contributed by atoms with Crippen molar-refractivity contribution in [3.8, 4) is 5.75 Å². The van der Waals surface area contributed by atoms with Gasteiger partial charge in [0.2, 0.25) is 11.8 Å². The Bertz CT molecular complexity index is 1030. The molecule has 1 aliphatic rings. The van der Waals surface area contributed by atoms with Gasteiger partial charge in [-0.05, 0) is 25.5 Å². The van der Waals surface area contributed by atoms with Gasteiger partial charge < -0.3 is 19.4 Å². The monoisotopic (exact) mass is 400 g/mol. The lowest BCUT2D eigenvalue weighted by atomic mass is 10.2. The van der Waals surface area contributed by atoms with Crippen LogP contribution in [0.4, 0.5) is 0 Å². The van der Waals surface area contributed by atoms with Gasteiger partial charge >= 0.3 is 0 Å². The minimum Gasteiger partial charge on any atom is -0.484 e. The molecule has 146 valence electrons. The number of oxazole rings is 1. The van der Waals surface area contributed by atoms with Crippen LogP contribution < -0.4 is 10.1 Å².